The summed E-state index contributed by atoms with van der Waals surface area (Å²) in [6, 6.07) is 0.409. The average molecular weight is 277 g/mol. The zero-order valence-electron chi connectivity index (χ0n) is 12.5. The van der Waals surface area contributed by atoms with Gasteiger partial charge in [0, 0.05) is 20.1 Å². The van der Waals surface area contributed by atoms with Crippen molar-refractivity contribution in [1.29, 1.82) is 0 Å². The molecule has 2 atom stereocenters. The first-order valence-electron chi connectivity index (χ1n) is 7.51. The summed E-state index contributed by atoms with van der Waals surface area (Å²) in [4.78, 5) is 15.5. The molecule has 2 aliphatic rings. The lowest BCUT2D eigenvalue weighted by Crippen LogP contribution is -2.24. The normalized spacial score (nSPS) is 25.1. The molecule has 0 amide bonds. The maximum atomic E-state index is 5.62. The van der Waals surface area contributed by atoms with Crippen molar-refractivity contribution in [2.75, 3.05) is 30.4 Å². The van der Waals surface area contributed by atoms with Crippen LogP contribution in [0.1, 0.15) is 33.1 Å². The van der Waals surface area contributed by atoms with Gasteiger partial charge in [-0.25, -0.2) is 0 Å². The third kappa shape index (κ3) is 2.64. The van der Waals surface area contributed by atoms with Gasteiger partial charge in [0.25, 0.3) is 0 Å². The Bertz CT molecular complexity index is 467. The van der Waals surface area contributed by atoms with Gasteiger partial charge >= 0.3 is 6.01 Å². The van der Waals surface area contributed by atoms with E-state index in [0.717, 1.165) is 30.9 Å². The number of nitrogens with one attached hydrogen (secondary N) is 1. The molecule has 1 saturated carbocycles. The van der Waals surface area contributed by atoms with Gasteiger partial charge in [-0.15, -0.1) is 0 Å². The molecule has 110 valence electrons. The number of anilines is 2. The van der Waals surface area contributed by atoms with Crippen molar-refractivity contribution in [3.63, 3.8) is 0 Å². The van der Waals surface area contributed by atoms with Gasteiger partial charge in [0.2, 0.25) is 11.9 Å². The third-order valence-electron chi connectivity index (χ3n) is 4.18. The van der Waals surface area contributed by atoms with Crippen LogP contribution in [0.4, 0.5) is 11.9 Å². The molecular weight excluding hydrogens is 254 g/mol. The zero-order chi connectivity index (χ0) is 14.1. The van der Waals surface area contributed by atoms with E-state index in [0.29, 0.717) is 12.0 Å². The molecule has 0 aromatic carbocycles. The van der Waals surface area contributed by atoms with Gasteiger partial charge in [-0.1, -0.05) is 6.42 Å². The fourth-order valence-corrected chi connectivity index (χ4v) is 3.26. The average Bonchev–Trinajstić information content (AvgIpc) is 2.98. The lowest BCUT2D eigenvalue weighted by molar-refractivity contribution is 0.222. The Hall–Kier alpha value is -1.59. The predicted molar refractivity (Wildman–Crippen MR) is 78.2 cm³/mol. The van der Waals surface area contributed by atoms with E-state index in [2.05, 4.69) is 25.2 Å². The molecule has 1 aromatic heterocycles. The molecule has 1 aromatic rings. The Balaban J connectivity index is 1.81. The molecule has 2 heterocycles. The fraction of sp³-hybridized carbons (Fsp3) is 0.786. The van der Waals surface area contributed by atoms with Gasteiger partial charge < -0.3 is 15.0 Å². The molecule has 0 spiro atoms. The van der Waals surface area contributed by atoms with Crippen molar-refractivity contribution in [2.45, 2.75) is 39.2 Å². The number of hydrogen-bond acceptors (Lipinski definition) is 6. The fourth-order valence-electron chi connectivity index (χ4n) is 3.26. The van der Waals surface area contributed by atoms with Gasteiger partial charge in [0.15, 0.2) is 0 Å². The summed E-state index contributed by atoms with van der Waals surface area (Å²) in [5.41, 5.74) is 0. The van der Waals surface area contributed by atoms with Crippen molar-refractivity contribution in [3.8, 4) is 6.01 Å². The zero-order valence-corrected chi connectivity index (χ0v) is 12.5. The molecule has 2 unspecified atom stereocenters. The first-order chi connectivity index (χ1) is 9.65. The van der Waals surface area contributed by atoms with Crippen LogP contribution < -0.4 is 15.0 Å². The molecule has 6 nitrogen and oxygen atoms in total. The van der Waals surface area contributed by atoms with Crippen LogP contribution in [-0.2, 0) is 0 Å². The van der Waals surface area contributed by atoms with E-state index in [1.807, 2.05) is 20.9 Å². The Morgan fingerprint density at radius 1 is 1.15 bits per heavy atom. The molecular formula is C14H23N5O. The largest absolute Gasteiger partial charge is 0.461 e. The van der Waals surface area contributed by atoms with Gasteiger partial charge in [0.05, 0.1) is 6.10 Å². The van der Waals surface area contributed by atoms with Crippen LogP contribution in [0, 0.1) is 11.8 Å². The first-order valence-corrected chi connectivity index (χ1v) is 7.51. The van der Waals surface area contributed by atoms with E-state index in [1.165, 1.54) is 19.3 Å². The summed E-state index contributed by atoms with van der Waals surface area (Å²) in [6.45, 7) is 6.09. The monoisotopic (exact) mass is 277 g/mol. The van der Waals surface area contributed by atoms with Crippen LogP contribution in [0.25, 0.3) is 0 Å². The van der Waals surface area contributed by atoms with Crippen LogP contribution in [0.15, 0.2) is 0 Å². The molecule has 1 N–H and O–H groups in total. The van der Waals surface area contributed by atoms with E-state index in [9.17, 15) is 0 Å². The smallest absolute Gasteiger partial charge is 0.323 e. The first kappa shape index (κ1) is 13.4. The van der Waals surface area contributed by atoms with Crippen LogP contribution >= 0.6 is 0 Å². The second kappa shape index (κ2) is 5.42. The summed E-state index contributed by atoms with van der Waals surface area (Å²) >= 11 is 0. The Kier molecular flexibility index (Phi) is 3.63. The van der Waals surface area contributed by atoms with Crippen molar-refractivity contribution < 1.29 is 4.74 Å². The molecule has 0 bridgehead atoms. The lowest BCUT2D eigenvalue weighted by atomic mass is 10.0. The lowest BCUT2D eigenvalue weighted by Gasteiger charge is -2.18. The van der Waals surface area contributed by atoms with E-state index in [1.54, 1.807) is 0 Å². The quantitative estimate of drug-likeness (QED) is 0.907. The molecule has 3 rings (SSSR count). The molecule has 1 saturated heterocycles. The van der Waals surface area contributed by atoms with Crippen LogP contribution in [0.3, 0.4) is 0 Å². The minimum absolute atomic E-state index is 0.0629. The van der Waals surface area contributed by atoms with Crippen molar-refractivity contribution in [1.82, 2.24) is 15.0 Å². The SMILES string of the molecule is CNc1nc(OC(C)C)nc(N2CC3CCCC3C2)n1. The number of aromatic nitrogens is 3. The van der Waals surface area contributed by atoms with Gasteiger partial charge in [-0.3, -0.25) is 0 Å². The predicted octanol–water partition coefficient (Wildman–Crippen LogP) is 1.94. The van der Waals surface area contributed by atoms with Crippen molar-refractivity contribution >= 4 is 11.9 Å². The number of hydrogen-bond donors (Lipinski definition) is 1. The van der Waals surface area contributed by atoms with Gasteiger partial charge in [0.1, 0.15) is 0 Å². The second-order valence-electron chi connectivity index (χ2n) is 6.01. The molecule has 0 radical (unpaired) electrons. The molecule has 1 aliphatic heterocycles. The summed E-state index contributed by atoms with van der Waals surface area (Å²) in [5, 5.41) is 2.99. The van der Waals surface area contributed by atoms with Gasteiger partial charge in [-0.05, 0) is 38.5 Å². The summed E-state index contributed by atoms with van der Waals surface area (Å²) in [5.74, 6) is 2.95. The minimum atomic E-state index is 0.0629. The Morgan fingerprint density at radius 3 is 2.45 bits per heavy atom. The van der Waals surface area contributed by atoms with Crippen LogP contribution in [-0.4, -0.2) is 41.2 Å². The van der Waals surface area contributed by atoms with Gasteiger partial charge in [-0.2, -0.15) is 15.0 Å². The summed E-state index contributed by atoms with van der Waals surface area (Å²) < 4.78 is 5.62. The Labute approximate surface area is 120 Å². The third-order valence-corrected chi connectivity index (χ3v) is 4.18. The molecule has 1 aliphatic carbocycles. The summed E-state index contributed by atoms with van der Waals surface area (Å²) in [6.07, 6.45) is 4.14. The number of rotatable bonds is 4. The number of fused-ring (bicyclic) bond motifs is 1. The van der Waals surface area contributed by atoms with Crippen molar-refractivity contribution in [3.05, 3.63) is 0 Å². The highest BCUT2D eigenvalue weighted by molar-refractivity contribution is 5.39. The second-order valence-corrected chi connectivity index (χ2v) is 6.01. The molecule has 6 heteroatoms. The Morgan fingerprint density at radius 2 is 1.85 bits per heavy atom. The highest BCUT2D eigenvalue weighted by atomic mass is 16.5. The highest BCUT2D eigenvalue weighted by Crippen LogP contribution is 2.38. The maximum absolute atomic E-state index is 5.62. The van der Waals surface area contributed by atoms with Crippen LogP contribution in [0.2, 0.25) is 0 Å². The van der Waals surface area contributed by atoms with Crippen molar-refractivity contribution in [2.24, 2.45) is 11.8 Å². The number of ether oxygens (including phenoxy) is 1. The number of nitrogens with zero attached hydrogens (tertiary/aromatic N) is 4. The van der Waals surface area contributed by atoms with E-state index < -0.39 is 0 Å². The topological polar surface area (TPSA) is 63.2 Å². The van der Waals surface area contributed by atoms with E-state index in [4.69, 9.17) is 4.74 Å². The molecule has 2 fully saturated rings. The maximum Gasteiger partial charge on any atom is 0.323 e. The highest BCUT2D eigenvalue weighted by Gasteiger charge is 2.37. The van der Waals surface area contributed by atoms with Crippen LogP contribution in [0.5, 0.6) is 6.01 Å². The standard InChI is InChI=1S/C14H23N5O/c1-9(2)20-14-17-12(15-3)16-13(18-14)19-7-10-5-4-6-11(10)8-19/h9-11H,4-8H2,1-3H3,(H,15,16,17,18). The van der Waals surface area contributed by atoms with E-state index >= 15 is 0 Å². The molecule has 20 heavy (non-hydrogen) atoms. The minimum Gasteiger partial charge on any atom is -0.461 e. The summed E-state index contributed by atoms with van der Waals surface area (Å²) in [7, 11) is 1.82. The van der Waals surface area contributed by atoms with E-state index in [-0.39, 0.29) is 6.10 Å².